The molecule has 4 rings (SSSR count). The van der Waals surface area contributed by atoms with E-state index in [9.17, 15) is 9.18 Å². The molecule has 156 valence electrons. The van der Waals surface area contributed by atoms with Gasteiger partial charge in [-0.15, -0.1) is 11.3 Å². The molecule has 0 saturated carbocycles. The molecule has 30 heavy (non-hydrogen) atoms. The van der Waals surface area contributed by atoms with Gasteiger partial charge in [0.25, 0.3) is 0 Å². The number of hydrogen-bond donors (Lipinski definition) is 1. The molecular formula is C22H22ClFN4OS. The van der Waals surface area contributed by atoms with Crippen LogP contribution in [0.4, 0.5) is 20.0 Å². The van der Waals surface area contributed by atoms with Crippen LogP contribution < -0.4 is 10.2 Å². The average Bonchev–Trinajstić information content (AvgIpc) is 3.17. The lowest BCUT2D eigenvalue weighted by molar-refractivity contribution is 0.208. The van der Waals surface area contributed by atoms with Crippen LogP contribution in [0.15, 0.2) is 48.7 Å². The Hall–Kier alpha value is -2.64. The first-order chi connectivity index (χ1) is 14.5. The SMILES string of the molecule is Cc1ccc(Cc2cnc(NC(=O)N3CCN(c4cccc(Cl)c4)CC3)s2)cc1F. The molecule has 2 aromatic carbocycles. The van der Waals surface area contributed by atoms with E-state index in [1.165, 1.54) is 11.3 Å². The Bertz CT molecular complexity index is 1050. The molecule has 1 aromatic heterocycles. The van der Waals surface area contributed by atoms with Gasteiger partial charge >= 0.3 is 6.03 Å². The minimum absolute atomic E-state index is 0.150. The summed E-state index contributed by atoms with van der Waals surface area (Å²) in [7, 11) is 0. The van der Waals surface area contributed by atoms with Crippen molar-refractivity contribution in [2.75, 3.05) is 36.4 Å². The molecule has 8 heteroatoms. The molecule has 2 amide bonds. The van der Waals surface area contributed by atoms with Crippen molar-refractivity contribution in [3.8, 4) is 0 Å². The van der Waals surface area contributed by atoms with E-state index >= 15 is 0 Å². The first-order valence-electron chi connectivity index (χ1n) is 9.74. The molecule has 1 N–H and O–H groups in total. The predicted molar refractivity (Wildman–Crippen MR) is 120 cm³/mol. The van der Waals surface area contributed by atoms with Gasteiger partial charge in [0, 0.05) is 54.4 Å². The number of nitrogens with one attached hydrogen (secondary N) is 1. The van der Waals surface area contributed by atoms with Crippen LogP contribution in [0, 0.1) is 12.7 Å². The fraction of sp³-hybridized carbons (Fsp3) is 0.273. The summed E-state index contributed by atoms with van der Waals surface area (Å²) in [4.78, 5) is 21.9. The number of nitrogens with zero attached hydrogens (tertiary/aromatic N) is 3. The molecular weight excluding hydrogens is 423 g/mol. The van der Waals surface area contributed by atoms with E-state index < -0.39 is 0 Å². The third-order valence-electron chi connectivity index (χ3n) is 5.12. The molecule has 0 unspecified atom stereocenters. The number of urea groups is 1. The van der Waals surface area contributed by atoms with Crippen LogP contribution >= 0.6 is 22.9 Å². The van der Waals surface area contributed by atoms with E-state index in [4.69, 9.17) is 11.6 Å². The first-order valence-corrected chi connectivity index (χ1v) is 10.9. The van der Waals surface area contributed by atoms with Crippen LogP contribution in [-0.4, -0.2) is 42.1 Å². The maximum atomic E-state index is 13.7. The van der Waals surface area contributed by atoms with Gasteiger partial charge in [-0.1, -0.05) is 29.8 Å². The molecule has 1 saturated heterocycles. The fourth-order valence-corrected chi connectivity index (χ4v) is 4.43. The fourth-order valence-electron chi connectivity index (χ4n) is 3.41. The molecule has 0 aliphatic carbocycles. The minimum Gasteiger partial charge on any atom is -0.368 e. The van der Waals surface area contributed by atoms with Crippen LogP contribution in [-0.2, 0) is 6.42 Å². The third kappa shape index (κ3) is 4.91. The van der Waals surface area contributed by atoms with Gasteiger partial charge in [0.1, 0.15) is 5.82 Å². The van der Waals surface area contributed by atoms with Crippen molar-refractivity contribution in [1.82, 2.24) is 9.88 Å². The topological polar surface area (TPSA) is 48.5 Å². The lowest BCUT2D eigenvalue weighted by Gasteiger charge is -2.35. The highest BCUT2D eigenvalue weighted by molar-refractivity contribution is 7.15. The number of aromatic nitrogens is 1. The average molecular weight is 445 g/mol. The number of carbonyl (C=O) groups is 1. The van der Waals surface area contributed by atoms with Crippen molar-refractivity contribution in [1.29, 1.82) is 0 Å². The Morgan fingerprint density at radius 2 is 2.00 bits per heavy atom. The highest BCUT2D eigenvalue weighted by Gasteiger charge is 2.22. The van der Waals surface area contributed by atoms with Gasteiger partial charge in [-0.2, -0.15) is 0 Å². The summed E-state index contributed by atoms with van der Waals surface area (Å²) < 4.78 is 13.7. The van der Waals surface area contributed by atoms with Gasteiger partial charge in [-0.25, -0.2) is 14.2 Å². The number of amides is 2. The normalized spacial score (nSPS) is 14.1. The number of thiazole rings is 1. The zero-order valence-electron chi connectivity index (χ0n) is 16.6. The second-order valence-corrected chi connectivity index (χ2v) is 8.83. The Morgan fingerprint density at radius 1 is 1.20 bits per heavy atom. The molecule has 2 heterocycles. The lowest BCUT2D eigenvalue weighted by atomic mass is 10.1. The van der Waals surface area contributed by atoms with Crippen LogP contribution in [0.3, 0.4) is 0 Å². The Labute approximate surface area is 184 Å². The summed E-state index contributed by atoms with van der Waals surface area (Å²) in [5, 5.41) is 4.15. The van der Waals surface area contributed by atoms with Gasteiger partial charge < -0.3 is 9.80 Å². The first kappa shape index (κ1) is 20.6. The van der Waals surface area contributed by atoms with Crippen molar-refractivity contribution >= 4 is 39.8 Å². The molecule has 1 fully saturated rings. The highest BCUT2D eigenvalue weighted by Crippen LogP contribution is 2.24. The molecule has 0 radical (unpaired) electrons. The summed E-state index contributed by atoms with van der Waals surface area (Å²) >= 11 is 7.49. The number of halogens is 2. The van der Waals surface area contributed by atoms with Gasteiger partial charge in [-0.05, 0) is 42.3 Å². The smallest absolute Gasteiger partial charge is 0.323 e. The lowest BCUT2D eigenvalue weighted by Crippen LogP contribution is -2.50. The van der Waals surface area contributed by atoms with Crippen molar-refractivity contribution in [3.63, 3.8) is 0 Å². The predicted octanol–water partition coefficient (Wildman–Crippen LogP) is 5.19. The van der Waals surface area contributed by atoms with Gasteiger partial charge in [-0.3, -0.25) is 5.32 Å². The molecule has 1 aliphatic heterocycles. The molecule has 1 aliphatic rings. The Kier molecular flexibility index (Phi) is 6.20. The van der Waals surface area contributed by atoms with E-state index in [0.717, 1.165) is 29.2 Å². The number of anilines is 2. The quantitative estimate of drug-likeness (QED) is 0.602. The maximum absolute atomic E-state index is 13.7. The number of hydrogen-bond acceptors (Lipinski definition) is 4. The number of aryl methyl sites for hydroxylation is 1. The van der Waals surface area contributed by atoms with Crippen molar-refractivity contribution in [2.24, 2.45) is 0 Å². The van der Waals surface area contributed by atoms with Crippen molar-refractivity contribution in [3.05, 3.63) is 75.5 Å². The molecule has 0 bridgehead atoms. The summed E-state index contributed by atoms with van der Waals surface area (Å²) in [6.07, 6.45) is 2.32. The third-order valence-corrected chi connectivity index (χ3v) is 6.27. The summed E-state index contributed by atoms with van der Waals surface area (Å²) in [5.74, 6) is -0.206. The highest BCUT2D eigenvalue weighted by atomic mass is 35.5. The van der Waals surface area contributed by atoms with Crippen LogP contribution in [0.25, 0.3) is 0 Å². The van der Waals surface area contributed by atoms with Crippen molar-refractivity contribution in [2.45, 2.75) is 13.3 Å². The second-order valence-electron chi connectivity index (χ2n) is 7.28. The number of carbonyl (C=O) groups excluding carboxylic acids is 1. The summed E-state index contributed by atoms with van der Waals surface area (Å²) in [6.45, 7) is 4.48. The van der Waals surface area contributed by atoms with E-state index in [-0.39, 0.29) is 11.8 Å². The summed E-state index contributed by atoms with van der Waals surface area (Å²) in [5.41, 5.74) is 2.59. The monoisotopic (exact) mass is 444 g/mol. The number of piperazine rings is 1. The maximum Gasteiger partial charge on any atom is 0.323 e. The Balaban J connectivity index is 1.31. The standard InChI is InChI=1S/C22H22ClFN4OS/c1-15-5-6-16(12-20(15)24)11-19-14-25-21(30-19)26-22(29)28-9-7-27(8-10-28)18-4-2-3-17(23)13-18/h2-6,12-14H,7-11H2,1H3,(H,25,26,29). The second kappa shape index (κ2) is 9.02. The zero-order valence-corrected chi connectivity index (χ0v) is 18.1. The van der Waals surface area contributed by atoms with Crippen LogP contribution in [0.1, 0.15) is 16.0 Å². The van der Waals surface area contributed by atoms with E-state index in [1.807, 2.05) is 30.3 Å². The van der Waals surface area contributed by atoms with Gasteiger partial charge in [0.05, 0.1) is 0 Å². The largest absolute Gasteiger partial charge is 0.368 e. The zero-order chi connectivity index (χ0) is 21.1. The van der Waals surface area contributed by atoms with E-state index in [1.54, 1.807) is 30.2 Å². The summed E-state index contributed by atoms with van der Waals surface area (Å²) in [6, 6.07) is 12.8. The molecule has 5 nitrogen and oxygen atoms in total. The number of benzene rings is 2. The van der Waals surface area contributed by atoms with Gasteiger partial charge in [0.2, 0.25) is 0 Å². The van der Waals surface area contributed by atoms with Crippen LogP contribution in [0.5, 0.6) is 0 Å². The molecule has 0 atom stereocenters. The molecule has 0 spiro atoms. The van der Waals surface area contributed by atoms with Crippen LogP contribution in [0.2, 0.25) is 5.02 Å². The van der Waals surface area contributed by atoms with Crippen molar-refractivity contribution < 1.29 is 9.18 Å². The molecule has 3 aromatic rings. The van der Waals surface area contributed by atoms with E-state index in [2.05, 4.69) is 15.2 Å². The number of rotatable bonds is 4. The Morgan fingerprint density at radius 3 is 2.73 bits per heavy atom. The minimum atomic E-state index is -0.206. The van der Waals surface area contributed by atoms with E-state index in [0.29, 0.717) is 35.2 Å². The van der Waals surface area contributed by atoms with Gasteiger partial charge in [0.15, 0.2) is 5.13 Å².